The zero-order valence-electron chi connectivity index (χ0n) is 20.2. The van der Waals surface area contributed by atoms with Crippen molar-refractivity contribution in [3.05, 3.63) is 128 Å². The van der Waals surface area contributed by atoms with Gasteiger partial charge in [0.2, 0.25) is 17.5 Å². The summed E-state index contributed by atoms with van der Waals surface area (Å²) in [6, 6.07) is -4.59. The van der Waals surface area contributed by atoms with E-state index in [0.29, 0.717) is 0 Å². The Balaban J connectivity index is 2.09. The summed E-state index contributed by atoms with van der Waals surface area (Å²) in [4.78, 5) is 0. The number of benzene rings is 3. The van der Waals surface area contributed by atoms with Crippen LogP contribution in [0.2, 0.25) is 5.54 Å². The fourth-order valence-electron chi connectivity index (χ4n) is 4.85. The van der Waals surface area contributed by atoms with Gasteiger partial charge in [-0.15, -0.1) is 0 Å². The second-order valence-electron chi connectivity index (χ2n) is 9.33. The Kier molecular flexibility index (Phi) is 8.32. The quantitative estimate of drug-likeness (QED) is 0.106. The molecule has 0 heterocycles. The maximum atomic E-state index is 14.8. The van der Waals surface area contributed by atoms with E-state index in [2.05, 4.69) is 0 Å². The normalized spacial score (nSPS) is 13.6. The van der Waals surface area contributed by atoms with Crippen LogP contribution in [-0.2, 0) is 18.1 Å². The molecular weight excluding hydrogens is 625 g/mol. The van der Waals surface area contributed by atoms with Gasteiger partial charge < -0.3 is 0 Å². The molecule has 0 radical (unpaired) electrons. The Morgan fingerprint density at radius 3 is 0.738 bits per heavy atom. The lowest BCUT2D eigenvalue weighted by atomic mass is 10.2. The molecule has 3 aromatic carbocycles. The van der Waals surface area contributed by atoms with E-state index in [4.69, 9.17) is 0 Å². The van der Waals surface area contributed by atoms with Crippen LogP contribution in [0.25, 0.3) is 0 Å². The van der Waals surface area contributed by atoms with Crippen molar-refractivity contribution in [3.8, 4) is 0 Å². The minimum Gasteiger partial charge on any atom is -0.203 e. The van der Waals surface area contributed by atoms with E-state index in [0.717, 1.165) is 24.3 Å². The molecule has 0 fully saturated rings. The third-order valence-electron chi connectivity index (χ3n) is 6.94. The van der Waals surface area contributed by atoms with E-state index in [9.17, 15) is 65.9 Å². The van der Waals surface area contributed by atoms with Gasteiger partial charge in [0.15, 0.2) is 69.8 Å². The molecule has 0 unspecified atom stereocenters. The molecular formula is C26H11F15Si. The molecule has 0 aromatic heterocycles. The van der Waals surface area contributed by atoms with Gasteiger partial charge in [-0.3, -0.25) is 0 Å². The van der Waals surface area contributed by atoms with Gasteiger partial charge in [-0.1, -0.05) is 24.3 Å². The molecule has 16 heteroatoms. The molecule has 0 amide bonds. The van der Waals surface area contributed by atoms with Gasteiger partial charge >= 0.3 is 0 Å². The molecule has 1 aliphatic rings. The smallest absolute Gasteiger partial charge is 0.200 e. The van der Waals surface area contributed by atoms with E-state index < -0.39 is 136 Å². The van der Waals surface area contributed by atoms with E-state index in [1.54, 1.807) is 0 Å². The zero-order chi connectivity index (χ0) is 31.4. The predicted octanol–water partition coefficient (Wildman–Crippen LogP) is 8.36. The minimum atomic E-state index is -4.94. The first-order chi connectivity index (χ1) is 19.6. The summed E-state index contributed by atoms with van der Waals surface area (Å²) in [5, 5.41) is 0. The summed E-state index contributed by atoms with van der Waals surface area (Å²) in [6.45, 7) is 0. The Hall–Kier alpha value is -3.69. The number of hydrogen-bond acceptors (Lipinski definition) is 0. The third kappa shape index (κ3) is 4.88. The highest BCUT2D eigenvalue weighted by atomic mass is 28.3. The zero-order valence-corrected chi connectivity index (χ0v) is 21.2. The van der Waals surface area contributed by atoms with Crippen LogP contribution in [0.5, 0.6) is 0 Å². The van der Waals surface area contributed by atoms with Crippen molar-refractivity contribution in [1.29, 1.82) is 0 Å². The monoisotopic (exact) mass is 636 g/mol. The van der Waals surface area contributed by atoms with Gasteiger partial charge in [0.05, 0.1) is 8.07 Å². The van der Waals surface area contributed by atoms with Gasteiger partial charge in [-0.25, -0.2) is 65.9 Å². The number of rotatable bonds is 7. The Morgan fingerprint density at radius 2 is 0.524 bits per heavy atom. The third-order valence-corrected chi connectivity index (χ3v) is 11.9. The lowest BCUT2D eigenvalue weighted by molar-refractivity contribution is 0.369. The molecule has 0 saturated carbocycles. The molecule has 0 nitrogen and oxygen atoms in total. The second-order valence-corrected chi connectivity index (χ2v) is 13.8. The highest BCUT2D eigenvalue weighted by Gasteiger charge is 2.46. The summed E-state index contributed by atoms with van der Waals surface area (Å²) < 4.78 is 214. The maximum Gasteiger partial charge on any atom is 0.200 e. The SMILES string of the molecule is Fc1c(F)c(F)c(C[Si](Cc2c(F)c(F)c(F)c(F)c2F)(Cc2c(F)c(F)c(F)c(F)c2F)C2C=CC=C2)c(F)c1F. The largest absolute Gasteiger partial charge is 0.203 e. The van der Waals surface area contributed by atoms with Crippen LogP contribution in [0.4, 0.5) is 65.9 Å². The lowest BCUT2D eigenvalue weighted by Crippen LogP contribution is -2.49. The van der Waals surface area contributed by atoms with E-state index in [1.807, 2.05) is 0 Å². The molecule has 42 heavy (non-hydrogen) atoms. The Bertz CT molecular complexity index is 1410. The van der Waals surface area contributed by atoms with Crippen LogP contribution in [-0.4, -0.2) is 8.07 Å². The highest BCUT2D eigenvalue weighted by Crippen LogP contribution is 2.41. The van der Waals surface area contributed by atoms with Crippen LogP contribution in [0.3, 0.4) is 0 Å². The van der Waals surface area contributed by atoms with Crippen LogP contribution in [0.1, 0.15) is 16.7 Å². The van der Waals surface area contributed by atoms with Crippen molar-refractivity contribution < 1.29 is 65.9 Å². The predicted molar refractivity (Wildman–Crippen MR) is 118 cm³/mol. The summed E-state index contributed by atoms with van der Waals surface area (Å²) in [5.41, 5.74) is -6.63. The number of hydrogen-bond donors (Lipinski definition) is 0. The second kappa shape index (κ2) is 11.2. The molecule has 3 aromatic rings. The molecule has 1 aliphatic carbocycles. The average molecular weight is 636 g/mol. The van der Waals surface area contributed by atoms with Crippen molar-refractivity contribution in [1.82, 2.24) is 0 Å². The fraction of sp³-hybridized carbons (Fsp3) is 0.154. The first-order valence-corrected chi connectivity index (χ1v) is 14.1. The lowest BCUT2D eigenvalue weighted by Gasteiger charge is -2.37. The molecule has 0 aliphatic heterocycles. The first-order valence-electron chi connectivity index (χ1n) is 11.4. The topological polar surface area (TPSA) is 0 Å². The van der Waals surface area contributed by atoms with Crippen LogP contribution in [0.15, 0.2) is 24.3 Å². The van der Waals surface area contributed by atoms with Gasteiger partial charge in [-0.2, -0.15) is 0 Å². The molecule has 4 rings (SSSR count). The van der Waals surface area contributed by atoms with Gasteiger partial charge in [-0.05, 0) is 23.7 Å². The fourth-order valence-corrected chi connectivity index (χ4v) is 10.0. The average Bonchev–Trinajstić information content (AvgIpc) is 3.53. The summed E-state index contributed by atoms with van der Waals surface area (Å²) in [5.74, 6) is -38.1. The molecule has 224 valence electrons. The standard InChI is InChI=1S/C26H11F15Si/c27-12-9(13(28)19(34)24(39)18(12)33)5-42(8-3-1-2-4-8,6-10-14(29)20(35)25(40)21(36)15(10)30)7-11-16(31)22(37)26(41)23(38)17(11)32/h1-4,8H,5-7H2. The summed E-state index contributed by atoms with van der Waals surface area (Å²) >= 11 is 0. The van der Waals surface area contributed by atoms with E-state index >= 15 is 0 Å². The van der Waals surface area contributed by atoms with Crippen molar-refractivity contribution in [2.45, 2.75) is 23.7 Å². The van der Waals surface area contributed by atoms with Crippen molar-refractivity contribution in [2.24, 2.45) is 0 Å². The van der Waals surface area contributed by atoms with Crippen molar-refractivity contribution >= 4 is 8.07 Å². The van der Waals surface area contributed by atoms with Crippen molar-refractivity contribution in [2.75, 3.05) is 0 Å². The highest BCUT2D eigenvalue weighted by molar-refractivity contribution is 6.80. The molecule has 0 bridgehead atoms. The minimum absolute atomic E-state index is 1.04. The van der Waals surface area contributed by atoms with Crippen molar-refractivity contribution in [3.63, 3.8) is 0 Å². The number of halogens is 15. The Labute approximate surface area is 226 Å². The van der Waals surface area contributed by atoms with Gasteiger partial charge in [0.25, 0.3) is 0 Å². The Morgan fingerprint density at radius 1 is 0.333 bits per heavy atom. The molecule has 0 spiro atoms. The van der Waals surface area contributed by atoms with E-state index in [1.165, 1.54) is 0 Å². The summed E-state index contributed by atoms with van der Waals surface area (Å²) in [6.07, 6.45) is 4.36. The van der Waals surface area contributed by atoms with Crippen LogP contribution in [0, 0.1) is 87.3 Å². The first kappa shape index (κ1) is 31.2. The van der Waals surface area contributed by atoms with E-state index in [-0.39, 0.29) is 0 Å². The van der Waals surface area contributed by atoms with Crippen LogP contribution < -0.4 is 0 Å². The van der Waals surface area contributed by atoms with Crippen LogP contribution >= 0.6 is 0 Å². The molecule has 0 saturated heterocycles. The molecule has 0 atom stereocenters. The summed E-state index contributed by atoms with van der Waals surface area (Å²) in [7, 11) is -4.94. The maximum absolute atomic E-state index is 14.8. The van der Waals surface area contributed by atoms with Gasteiger partial charge in [0, 0.05) is 16.7 Å². The van der Waals surface area contributed by atoms with Gasteiger partial charge in [0.1, 0.15) is 0 Å². The molecule has 0 N–H and O–H groups in total. The number of allylic oxidation sites excluding steroid dienone is 4.